The summed E-state index contributed by atoms with van der Waals surface area (Å²) in [5.74, 6) is -0.582. The summed E-state index contributed by atoms with van der Waals surface area (Å²) < 4.78 is 4.53. The lowest BCUT2D eigenvalue weighted by Crippen LogP contribution is -2.31. The average Bonchev–Trinajstić information content (AvgIpc) is 2.04. The molecule has 0 aromatic rings. The summed E-state index contributed by atoms with van der Waals surface area (Å²) in [5.41, 5.74) is 2.13. The van der Waals surface area contributed by atoms with Crippen LogP contribution in [0.4, 0.5) is 4.79 Å². The minimum Gasteiger partial charge on any atom is -0.462 e. The van der Waals surface area contributed by atoms with E-state index in [0.29, 0.717) is 0 Å². The average molecular weight is 187 g/mol. The summed E-state index contributed by atoms with van der Waals surface area (Å²) in [4.78, 5) is 22.8. The number of hydrazone groups is 1. The highest BCUT2D eigenvalue weighted by molar-refractivity contribution is 6.23. The number of amides is 2. The Hall–Kier alpha value is -1.59. The van der Waals surface area contributed by atoms with Crippen molar-refractivity contribution >= 4 is 18.2 Å². The zero-order valence-electron chi connectivity index (χ0n) is 7.90. The Bertz CT molecular complexity index is 213. The summed E-state index contributed by atoms with van der Waals surface area (Å²) in [6, 6.07) is -0.402. The van der Waals surface area contributed by atoms with E-state index in [0.717, 1.165) is 6.21 Å². The van der Waals surface area contributed by atoms with Gasteiger partial charge in [0, 0.05) is 14.1 Å². The van der Waals surface area contributed by atoms with E-state index in [1.807, 2.05) is 0 Å². The number of hydrogen-bond acceptors (Lipinski definition) is 4. The minimum absolute atomic E-state index is 0.284. The molecule has 2 amide bonds. The van der Waals surface area contributed by atoms with Gasteiger partial charge in [-0.3, -0.25) is 0 Å². The Morgan fingerprint density at radius 3 is 2.62 bits per heavy atom. The SMILES string of the molecule is CCOC(=O)C=NNC(=O)N(C)C. The lowest BCUT2D eigenvalue weighted by molar-refractivity contribution is -0.134. The summed E-state index contributed by atoms with van der Waals surface area (Å²) in [5, 5.41) is 3.37. The van der Waals surface area contributed by atoms with Gasteiger partial charge in [-0.05, 0) is 6.92 Å². The first-order chi connectivity index (χ1) is 6.07. The maximum Gasteiger partial charge on any atom is 0.351 e. The predicted octanol–water partition coefficient (Wildman–Crippen LogP) is -0.194. The van der Waals surface area contributed by atoms with Crippen molar-refractivity contribution in [2.75, 3.05) is 20.7 Å². The van der Waals surface area contributed by atoms with Crippen LogP contribution in [0.25, 0.3) is 0 Å². The third-order valence-corrected chi connectivity index (χ3v) is 1.02. The van der Waals surface area contributed by atoms with E-state index in [9.17, 15) is 9.59 Å². The Kier molecular flexibility index (Phi) is 5.25. The third kappa shape index (κ3) is 5.66. The quantitative estimate of drug-likeness (QED) is 0.378. The molecule has 0 unspecified atom stereocenters. The number of esters is 1. The van der Waals surface area contributed by atoms with Crippen molar-refractivity contribution in [3.05, 3.63) is 0 Å². The first-order valence-electron chi connectivity index (χ1n) is 3.75. The number of carbonyl (C=O) groups excluding carboxylic acids is 2. The molecule has 0 aliphatic rings. The topological polar surface area (TPSA) is 71.0 Å². The first kappa shape index (κ1) is 11.4. The second-order valence-electron chi connectivity index (χ2n) is 2.32. The van der Waals surface area contributed by atoms with Gasteiger partial charge in [-0.2, -0.15) is 5.10 Å². The molecule has 13 heavy (non-hydrogen) atoms. The molecule has 0 fully saturated rings. The molecule has 0 saturated carbocycles. The van der Waals surface area contributed by atoms with Crippen LogP contribution in [0.1, 0.15) is 6.92 Å². The Balaban J connectivity index is 3.75. The number of nitrogens with zero attached hydrogens (tertiary/aromatic N) is 2. The van der Waals surface area contributed by atoms with Gasteiger partial charge < -0.3 is 9.64 Å². The molecule has 1 N–H and O–H groups in total. The molecule has 0 saturated heterocycles. The van der Waals surface area contributed by atoms with Crippen molar-refractivity contribution in [3.8, 4) is 0 Å². The second-order valence-corrected chi connectivity index (χ2v) is 2.32. The molecule has 0 aliphatic carbocycles. The molecular formula is C7H13N3O3. The van der Waals surface area contributed by atoms with Gasteiger partial charge in [0.05, 0.1) is 6.61 Å². The number of rotatable bonds is 3. The van der Waals surface area contributed by atoms with Gasteiger partial charge in [0.25, 0.3) is 0 Å². The molecule has 74 valence electrons. The van der Waals surface area contributed by atoms with Gasteiger partial charge in [-0.15, -0.1) is 0 Å². The molecule has 0 spiro atoms. The van der Waals surface area contributed by atoms with Crippen LogP contribution in [0.2, 0.25) is 0 Å². The molecule has 0 aliphatic heterocycles. The predicted molar refractivity (Wildman–Crippen MR) is 47.3 cm³/mol. The molecular weight excluding hydrogens is 174 g/mol. The summed E-state index contributed by atoms with van der Waals surface area (Å²) in [6.45, 7) is 1.97. The second kappa shape index (κ2) is 5.99. The van der Waals surface area contributed by atoms with Crippen molar-refractivity contribution in [2.45, 2.75) is 6.92 Å². The maximum absolute atomic E-state index is 10.8. The largest absolute Gasteiger partial charge is 0.462 e. The number of carbonyl (C=O) groups is 2. The Morgan fingerprint density at radius 1 is 1.54 bits per heavy atom. The van der Waals surface area contributed by atoms with E-state index in [1.54, 1.807) is 21.0 Å². The van der Waals surface area contributed by atoms with Crippen LogP contribution in [-0.2, 0) is 9.53 Å². The molecule has 0 radical (unpaired) electrons. The van der Waals surface area contributed by atoms with Crippen LogP contribution in [0.15, 0.2) is 5.10 Å². The van der Waals surface area contributed by atoms with Crippen molar-refractivity contribution in [3.63, 3.8) is 0 Å². The van der Waals surface area contributed by atoms with Crippen LogP contribution >= 0.6 is 0 Å². The summed E-state index contributed by atoms with van der Waals surface area (Å²) in [6.07, 6.45) is 0.908. The highest BCUT2D eigenvalue weighted by atomic mass is 16.5. The summed E-state index contributed by atoms with van der Waals surface area (Å²) in [7, 11) is 3.13. The van der Waals surface area contributed by atoms with Crippen LogP contribution in [-0.4, -0.2) is 43.8 Å². The standard InChI is InChI=1S/C7H13N3O3/c1-4-13-6(11)5-8-9-7(12)10(2)3/h5H,4H2,1-3H3,(H,9,12). The van der Waals surface area contributed by atoms with Crippen LogP contribution in [0.3, 0.4) is 0 Å². The van der Waals surface area contributed by atoms with Gasteiger partial charge >= 0.3 is 12.0 Å². The van der Waals surface area contributed by atoms with E-state index in [2.05, 4.69) is 15.3 Å². The number of urea groups is 1. The molecule has 0 aromatic carbocycles. The number of hydrogen-bond donors (Lipinski definition) is 1. The normalized spacial score (nSPS) is 9.77. The molecule has 0 aromatic heterocycles. The highest BCUT2D eigenvalue weighted by Gasteiger charge is 2.00. The van der Waals surface area contributed by atoms with E-state index in [1.165, 1.54) is 4.90 Å². The van der Waals surface area contributed by atoms with E-state index >= 15 is 0 Å². The molecule has 0 rings (SSSR count). The highest BCUT2D eigenvalue weighted by Crippen LogP contribution is 1.76. The molecule has 6 nitrogen and oxygen atoms in total. The van der Waals surface area contributed by atoms with Crippen LogP contribution in [0, 0.1) is 0 Å². The zero-order chi connectivity index (χ0) is 10.3. The lowest BCUT2D eigenvalue weighted by Gasteiger charge is -2.07. The van der Waals surface area contributed by atoms with E-state index < -0.39 is 12.0 Å². The third-order valence-electron chi connectivity index (χ3n) is 1.02. The van der Waals surface area contributed by atoms with E-state index in [-0.39, 0.29) is 6.61 Å². The molecule has 6 heteroatoms. The fraction of sp³-hybridized carbons (Fsp3) is 0.571. The van der Waals surface area contributed by atoms with Crippen molar-refractivity contribution in [2.24, 2.45) is 5.10 Å². The molecule has 0 atom stereocenters. The number of ether oxygens (including phenoxy) is 1. The van der Waals surface area contributed by atoms with Crippen molar-refractivity contribution in [1.82, 2.24) is 10.3 Å². The monoisotopic (exact) mass is 187 g/mol. The fourth-order valence-corrected chi connectivity index (χ4v) is 0.420. The Labute approximate surface area is 76.5 Å². The van der Waals surface area contributed by atoms with Gasteiger partial charge in [0.2, 0.25) is 0 Å². The summed E-state index contributed by atoms with van der Waals surface area (Å²) >= 11 is 0. The van der Waals surface area contributed by atoms with Gasteiger partial charge in [-0.1, -0.05) is 0 Å². The Morgan fingerprint density at radius 2 is 2.15 bits per heavy atom. The van der Waals surface area contributed by atoms with Gasteiger partial charge in [-0.25, -0.2) is 15.0 Å². The minimum atomic E-state index is -0.582. The maximum atomic E-state index is 10.8. The van der Waals surface area contributed by atoms with E-state index in [4.69, 9.17) is 0 Å². The van der Waals surface area contributed by atoms with Crippen molar-refractivity contribution < 1.29 is 14.3 Å². The molecule has 0 heterocycles. The van der Waals surface area contributed by atoms with Gasteiger partial charge in [0.1, 0.15) is 6.21 Å². The first-order valence-corrected chi connectivity index (χ1v) is 3.75. The van der Waals surface area contributed by atoms with Crippen molar-refractivity contribution in [1.29, 1.82) is 0 Å². The fourth-order valence-electron chi connectivity index (χ4n) is 0.420. The van der Waals surface area contributed by atoms with Gasteiger partial charge in [0.15, 0.2) is 0 Å². The lowest BCUT2D eigenvalue weighted by atomic mass is 10.7. The molecule has 0 bridgehead atoms. The zero-order valence-corrected chi connectivity index (χ0v) is 7.90. The number of nitrogens with one attached hydrogen (secondary N) is 1. The smallest absolute Gasteiger partial charge is 0.351 e. The van der Waals surface area contributed by atoms with Crippen LogP contribution in [0.5, 0.6) is 0 Å². The van der Waals surface area contributed by atoms with Crippen LogP contribution < -0.4 is 5.43 Å².